The second-order valence-electron chi connectivity index (χ2n) is 2.19. The lowest BCUT2D eigenvalue weighted by Gasteiger charge is -2.00. The summed E-state index contributed by atoms with van der Waals surface area (Å²) in [6, 6.07) is 6.66. The monoisotopic (exact) mass is 150 g/mol. The average molecular weight is 150 g/mol. The van der Waals surface area contributed by atoms with Gasteiger partial charge in [-0.1, -0.05) is 12.1 Å². The van der Waals surface area contributed by atoms with Crippen molar-refractivity contribution in [1.29, 1.82) is 0 Å². The second-order valence-corrected chi connectivity index (χ2v) is 2.19. The summed E-state index contributed by atoms with van der Waals surface area (Å²) in [5.41, 5.74) is 0.468. The Bertz CT molecular complexity index is 277. The predicted octanol–water partition coefficient (Wildman–Crippen LogP) is 2.31. The molecule has 2 heteroatoms. The molecule has 58 valence electrons. The van der Waals surface area contributed by atoms with Crippen molar-refractivity contribution in [2.75, 3.05) is 0 Å². The van der Waals surface area contributed by atoms with Crippen molar-refractivity contribution in [2.24, 2.45) is 0 Å². The minimum atomic E-state index is 0.100. The van der Waals surface area contributed by atoms with Crippen LogP contribution >= 0.6 is 0 Å². The zero-order valence-corrected chi connectivity index (χ0v) is 6.28. The smallest absolute Gasteiger partial charge is 0.126 e. The molecule has 0 aliphatic heterocycles. The number of rotatable bonds is 1. The van der Waals surface area contributed by atoms with E-state index < -0.39 is 0 Å². The van der Waals surface area contributed by atoms with E-state index in [4.69, 9.17) is 0 Å². The van der Waals surface area contributed by atoms with Crippen LogP contribution in [0.4, 0.5) is 0 Å². The van der Waals surface area contributed by atoms with Gasteiger partial charge in [0.15, 0.2) is 0 Å². The highest BCUT2D eigenvalue weighted by molar-refractivity contribution is 5.63. The predicted molar refractivity (Wildman–Crippen MR) is 44.4 cm³/mol. The standard InChI is InChI=1S/C9H10O2/c1-2-8(10)7-5-3-4-6-9(7)11/h2-6,10-11H,1H3/b8-2-. The van der Waals surface area contributed by atoms with E-state index in [1.165, 1.54) is 12.1 Å². The van der Waals surface area contributed by atoms with Crippen molar-refractivity contribution in [3.05, 3.63) is 35.9 Å². The molecule has 1 aromatic rings. The number of allylic oxidation sites excluding steroid dienone is 1. The van der Waals surface area contributed by atoms with E-state index in [9.17, 15) is 10.2 Å². The molecule has 0 fully saturated rings. The fourth-order valence-corrected chi connectivity index (χ4v) is 0.846. The highest BCUT2D eigenvalue weighted by atomic mass is 16.3. The van der Waals surface area contributed by atoms with E-state index in [0.717, 1.165) is 0 Å². The van der Waals surface area contributed by atoms with Gasteiger partial charge in [-0.2, -0.15) is 0 Å². The Morgan fingerprint density at radius 2 is 2.00 bits per heavy atom. The normalized spacial score (nSPS) is 11.5. The van der Waals surface area contributed by atoms with Crippen LogP contribution in [0.3, 0.4) is 0 Å². The lowest BCUT2D eigenvalue weighted by molar-refractivity contribution is 0.460. The maximum absolute atomic E-state index is 9.21. The number of phenols is 1. The molecule has 1 aromatic carbocycles. The summed E-state index contributed by atoms with van der Waals surface area (Å²) in [4.78, 5) is 0. The van der Waals surface area contributed by atoms with Crippen LogP contribution in [0.5, 0.6) is 5.75 Å². The molecule has 0 heterocycles. The molecule has 0 radical (unpaired) electrons. The Balaban J connectivity index is 3.14. The molecule has 0 spiro atoms. The molecule has 11 heavy (non-hydrogen) atoms. The third kappa shape index (κ3) is 1.52. The van der Waals surface area contributed by atoms with Crippen LogP contribution in [0.2, 0.25) is 0 Å². The molecule has 2 N–H and O–H groups in total. The molecule has 1 rings (SSSR count). The zero-order chi connectivity index (χ0) is 8.27. The van der Waals surface area contributed by atoms with Gasteiger partial charge >= 0.3 is 0 Å². The van der Waals surface area contributed by atoms with E-state index >= 15 is 0 Å². The number of hydrogen-bond donors (Lipinski definition) is 2. The molecule has 2 nitrogen and oxygen atoms in total. The zero-order valence-electron chi connectivity index (χ0n) is 6.28. The van der Waals surface area contributed by atoms with E-state index in [0.29, 0.717) is 5.56 Å². The van der Waals surface area contributed by atoms with E-state index in [1.807, 2.05) is 0 Å². The van der Waals surface area contributed by atoms with Gasteiger partial charge in [-0.3, -0.25) is 0 Å². The van der Waals surface area contributed by atoms with Gasteiger partial charge in [0, 0.05) is 0 Å². The van der Waals surface area contributed by atoms with Gasteiger partial charge in [0.1, 0.15) is 11.5 Å². The Morgan fingerprint density at radius 3 is 2.55 bits per heavy atom. The van der Waals surface area contributed by atoms with Gasteiger partial charge in [0.2, 0.25) is 0 Å². The quantitative estimate of drug-likeness (QED) is 0.603. The summed E-state index contributed by atoms with van der Waals surface area (Å²) in [5.74, 6) is 0.200. The number of aromatic hydroxyl groups is 1. The number of aliphatic hydroxyl groups excluding tert-OH is 1. The van der Waals surface area contributed by atoms with Crippen LogP contribution in [-0.2, 0) is 0 Å². The lowest BCUT2D eigenvalue weighted by atomic mass is 10.1. The largest absolute Gasteiger partial charge is 0.508 e. The van der Waals surface area contributed by atoms with Crippen LogP contribution in [0.25, 0.3) is 5.76 Å². The van der Waals surface area contributed by atoms with Crippen LogP contribution in [0.1, 0.15) is 12.5 Å². The van der Waals surface area contributed by atoms with Crippen molar-refractivity contribution >= 4 is 5.76 Å². The molecular weight excluding hydrogens is 140 g/mol. The Kier molecular flexibility index (Phi) is 2.16. The van der Waals surface area contributed by atoms with Crippen molar-refractivity contribution in [1.82, 2.24) is 0 Å². The summed E-state index contributed by atoms with van der Waals surface area (Å²) in [6.45, 7) is 1.71. The molecule has 0 saturated heterocycles. The molecule has 0 aliphatic carbocycles. The summed E-state index contributed by atoms with van der Waals surface area (Å²) in [5, 5.41) is 18.4. The first-order chi connectivity index (χ1) is 5.25. The van der Waals surface area contributed by atoms with Crippen LogP contribution in [-0.4, -0.2) is 10.2 Å². The average Bonchev–Trinajstić information content (AvgIpc) is 2.04. The molecule has 0 aromatic heterocycles. The van der Waals surface area contributed by atoms with E-state index in [-0.39, 0.29) is 11.5 Å². The summed E-state index contributed by atoms with van der Waals surface area (Å²) in [7, 11) is 0. The van der Waals surface area contributed by atoms with E-state index in [1.54, 1.807) is 25.1 Å². The minimum Gasteiger partial charge on any atom is -0.508 e. The van der Waals surface area contributed by atoms with Gasteiger partial charge < -0.3 is 10.2 Å². The number of benzene rings is 1. The Morgan fingerprint density at radius 1 is 1.36 bits per heavy atom. The SMILES string of the molecule is C/C=C(\O)c1ccccc1O. The molecule has 0 saturated carbocycles. The summed E-state index contributed by atoms with van der Waals surface area (Å²) < 4.78 is 0. The minimum absolute atomic E-state index is 0.100. The van der Waals surface area contributed by atoms with Crippen molar-refractivity contribution in [3.8, 4) is 5.75 Å². The summed E-state index contributed by atoms with van der Waals surface area (Å²) in [6.07, 6.45) is 1.54. The van der Waals surface area contributed by atoms with Crippen molar-refractivity contribution in [3.63, 3.8) is 0 Å². The second kappa shape index (κ2) is 3.10. The maximum Gasteiger partial charge on any atom is 0.126 e. The van der Waals surface area contributed by atoms with Gasteiger partial charge in [0.05, 0.1) is 5.56 Å². The molecule has 0 bridgehead atoms. The van der Waals surface area contributed by atoms with Crippen LogP contribution in [0, 0.1) is 0 Å². The number of hydrogen-bond acceptors (Lipinski definition) is 2. The first-order valence-corrected chi connectivity index (χ1v) is 3.39. The molecule has 0 atom stereocenters. The fraction of sp³-hybridized carbons (Fsp3) is 0.111. The van der Waals surface area contributed by atoms with Gasteiger partial charge in [-0.25, -0.2) is 0 Å². The van der Waals surface area contributed by atoms with Gasteiger partial charge in [-0.05, 0) is 25.1 Å². The Labute approximate surface area is 65.4 Å². The third-order valence-corrected chi connectivity index (χ3v) is 1.45. The topological polar surface area (TPSA) is 40.5 Å². The van der Waals surface area contributed by atoms with Crippen molar-refractivity contribution < 1.29 is 10.2 Å². The highest BCUT2D eigenvalue weighted by Gasteiger charge is 2.01. The Hall–Kier alpha value is -1.44. The number of phenolic OH excluding ortho intramolecular Hbond substituents is 1. The van der Waals surface area contributed by atoms with Crippen molar-refractivity contribution in [2.45, 2.75) is 6.92 Å². The number of aliphatic hydroxyl groups is 1. The molecule has 0 unspecified atom stereocenters. The lowest BCUT2D eigenvalue weighted by Crippen LogP contribution is -1.81. The highest BCUT2D eigenvalue weighted by Crippen LogP contribution is 2.21. The first-order valence-electron chi connectivity index (χ1n) is 3.39. The molecular formula is C9H10O2. The third-order valence-electron chi connectivity index (χ3n) is 1.45. The van der Waals surface area contributed by atoms with Gasteiger partial charge in [0.25, 0.3) is 0 Å². The van der Waals surface area contributed by atoms with E-state index in [2.05, 4.69) is 0 Å². The summed E-state index contributed by atoms with van der Waals surface area (Å²) >= 11 is 0. The van der Waals surface area contributed by atoms with Crippen LogP contribution < -0.4 is 0 Å². The molecule has 0 amide bonds. The fourth-order valence-electron chi connectivity index (χ4n) is 0.846. The van der Waals surface area contributed by atoms with Gasteiger partial charge in [-0.15, -0.1) is 0 Å². The first kappa shape index (κ1) is 7.66. The number of para-hydroxylation sites is 1. The maximum atomic E-state index is 9.21. The van der Waals surface area contributed by atoms with Crippen LogP contribution in [0.15, 0.2) is 30.3 Å². The molecule has 0 aliphatic rings.